The third-order valence-corrected chi connectivity index (χ3v) is 3.38. The van der Waals surface area contributed by atoms with Crippen molar-refractivity contribution in [1.82, 2.24) is 0 Å². The number of carbonyl (C=O) groups excluding carboxylic acids is 1. The number of hydrogen-bond donors (Lipinski definition) is 0. The van der Waals surface area contributed by atoms with Crippen LogP contribution in [0.5, 0.6) is 0 Å². The van der Waals surface area contributed by atoms with Crippen LogP contribution in [0.4, 0.5) is 5.69 Å². The van der Waals surface area contributed by atoms with Gasteiger partial charge in [-0.3, -0.25) is 4.79 Å². The topological polar surface area (TPSA) is 29.5 Å². The summed E-state index contributed by atoms with van der Waals surface area (Å²) >= 11 is 5.87. The van der Waals surface area contributed by atoms with Crippen LogP contribution in [0, 0.1) is 5.92 Å². The molecular weight excluding hydrogens is 250 g/mol. The average molecular weight is 268 g/mol. The van der Waals surface area contributed by atoms with Crippen LogP contribution >= 0.6 is 11.6 Å². The number of rotatable bonds is 7. The molecule has 0 aliphatic heterocycles. The Labute approximate surface area is 113 Å². The minimum atomic E-state index is 0.583. The van der Waals surface area contributed by atoms with E-state index in [-0.39, 0.29) is 0 Å². The van der Waals surface area contributed by atoms with Gasteiger partial charge in [0.05, 0.1) is 6.61 Å². The van der Waals surface area contributed by atoms with Gasteiger partial charge in [0.2, 0.25) is 0 Å². The lowest BCUT2D eigenvalue weighted by Gasteiger charge is -2.21. The quantitative estimate of drug-likeness (QED) is 0.562. The molecule has 0 amide bonds. The first-order chi connectivity index (χ1) is 8.70. The molecule has 0 heterocycles. The number of carbonyl (C=O) groups is 1. The first-order valence-corrected chi connectivity index (χ1v) is 6.62. The zero-order valence-electron chi connectivity index (χ0n) is 10.6. The standard InChI is InChI=1S/C14H18ClNO2/c1-16(6-7-18-10-11-2-3-11)14-5-4-13(15)8-12(14)9-17/h4-5,8-9,11H,2-3,6-7,10H2,1H3. The number of hydrogen-bond acceptors (Lipinski definition) is 3. The summed E-state index contributed by atoms with van der Waals surface area (Å²) in [4.78, 5) is 13.0. The first-order valence-electron chi connectivity index (χ1n) is 6.24. The number of aldehydes is 1. The van der Waals surface area contributed by atoms with Gasteiger partial charge in [0.15, 0.2) is 6.29 Å². The number of benzene rings is 1. The SMILES string of the molecule is CN(CCOCC1CC1)c1ccc(Cl)cc1C=O. The molecule has 3 nitrogen and oxygen atoms in total. The molecule has 98 valence electrons. The third kappa shape index (κ3) is 3.72. The molecule has 0 saturated heterocycles. The maximum Gasteiger partial charge on any atom is 0.152 e. The Balaban J connectivity index is 1.86. The first kappa shape index (κ1) is 13.4. The van der Waals surface area contributed by atoms with Gasteiger partial charge < -0.3 is 9.64 Å². The Bertz CT molecular complexity index is 418. The van der Waals surface area contributed by atoms with Gasteiger partial charge in [-0.1, -0.05) is 11.6 Å². The summed E-state index contributed by atoms with van der Waals surface area (Å²) in [5, 5.41) is 0.583. The molecule has 0 unspecified atom stereocenters. The van der Waals surface area contributed by atoms with Crippen LogP contribution < -0.4 is 4.90 Å². The molecule has 1 aromatic carbocycles. The Kier molecular flexibility index (Phi) is 4.61. The summed E-state index contributed by atoms with van der Waals surface area (Å²) in [5.74, 6) is 0.788. The maximum absolute atomic E-state index is 11.0. The zero-order chi connectivity index (χ0) is 13.0. The van der Waals surface area contributed by atoms with Crippen LogP contribution in [0.25, 0.3) is 0 Å². The molecular formula is C14H18ClNO2. The van der Waals surface area contributed by atoms with Crippen molar-refractivity contribution in [2.75, 3.05) is 31.7 Å². The molecule has 0 radical (unpaired) electrons. The second-order valence-corrected chi connectivity index (χ2v) is 5.20. The van der Waals surface area contributed by atoms with E-state index in [1.54, 1.807) is 12.1 Å². The maximum atomic E-state index is 11.0. The largest absolute Gasteiger partial charge is 0.379 e. The number of nitrogens with zero attached hydrogens (tertiary/aromatic N) is 1. The normalized spacial score (nSPS) is 14.6. The molecule has 1 fully saturated rings. The lowest BCUT2D eigenvalue weighted by Crippen LogP contribution is -2.24. The van der Waals surface area contributed by atoms with E-state index >= 15 is 0 Å². The summed E-state index contributed by atoms with van der Waals surface area (Å²) in [6.45, 7) is 2.33. The second kappa shape index (κ2) is 6.21. The van der Waals surface area contributed by atoms with Crippen LogP contribution in [0.2, 0.25) is 5.02 Å². The fraction of sp³-hybridized carbons (Fsp3) is 0.500. The summed E-state index contributed by atoms with van der Waals surface area (Å²) in [7, 11) is 1.96. The summed E-state index contributed by atoms with van der Waals surface area (Å²) < 4.78 is 5.59. The minimum Gasteiger partial charge on any atom is -0.379 e. The van der Waals surface area contributed by atoms with Crippen molar-refractivity contribution in [3.05, 3.63) is 28.8 Å². The smallest absolute Gasteiger partial charge is 0.152 e. The third-order valence-electron chi connectivity index (χ3n) is 3.15. The molecule has 0 atom stereocenters. The summed E-state index contributed by atoms with van der Waals surface area (Å²) in [6, 6.07) is 5.35. The van der Waals surface area contributed by atoms with Crippen LogP contribution in [0.1, 0.15) is 23.2 Å². The van der Waals surface area contributed by atoms with E-state index < -0.39 is 0 Å². The molecule has 1 aromatic rings. The van der Waals surface area contributed by atoms with Crippen LogP contribution in [-0.4, -0.2) is 33.1 Å². The highest BCUT2D eigenvalue weighted by Gasteiger charge is 2.21. The molecule has 1 aliphatic carbocycles. The monoisotopic (exact) mass is 267 g/mol. The number of anilines is 1. The van der Waals surface area contributed by atoms with Crippen molar-refractivity contribution in [3.8, 4) is 0 Å². The zero-order valence-corrected chi connectivity index (χ0v) is 11.3. The molecule has 1 saturated carbocycles. The Morgan fingerprint density at radius 2 is 2.28 bits per heavy atom. The number of halogens is 1. The van der Waals surface area contributed by atoms with E-state index in [1.165, 1.54) is 12.8 Å². The van der Waals surface area contributed by atoms with Crippen LogP contribution in [0.15, 0.2) is 18.2 Å². The van der Waals surface area contributed by atoms with Crippen molar-refractivity contribution < 1.29 is 9.53 Å². The van der Waals surface area contributed by atoms with Crippen molar-refractivity contribution in [1.29, 1.82) is 0 Å². The Hall–Kier alpha value is -1.06. The van der Waals surface area contributed by atoms with Gasteiger partial charge in [0, 0.05) is 36.5 Å². The highest BCUT2D eigenvalue weighted by atomic mass is 35.5. The highest BCUT2D eigenvalue weighted by molar-refractivity contribution is 6.31. The fourth-order valence-electron chi connectivity index (χ4n) is 1.82. The van der Waals surface area contributed by atoms with Gasteiger partial charge in [-0.2, -0.15) is 0 Å². The van der Waals surface area contributed by atoms with Crippen LogP contribution in [0.3, 0.4) is 0 Å². The summed E-state index contributed by atoms with van der Waals surface area (Å²) in [6.07, 6.45) is 3.45. The second-order valence-electron chi connectivity index (χ2n) is 4.76. The van der Waals surface area contributed by atoms with E-state index in [4.69, 9.17) is 16.3 Å². The fourth-order valence-corrected chi connectivity index (χ4v) is 2.00. The molecule has 0 N–H and O–H groups in total. The molecule has 2 rings (SSSR count). The van der Waals surface area contributed by atoms with Gasteiger partial charge in [-0.25, -0.2) is 0 Å². The predicted octanol–water partition coefficient (Wildman–Crippen LogP) is 3.02. The lowest BCUT2D eigenvalue weighted by molar-refractivity contribution is 0.112. The van der Waals surface area contributed by atoms with Crippen molar-refractivity contribution in [2.45, 2.75) is 12.8 Å². The van der Waals surface area contributed by atoms with Gasteiger partial charge in [0.25, 0.3) is 0 Å². The van der Waals surface area contributed by atoms with E-state index in [9.17, 15) is 4.79 Å². The van der Waals surface area contributed by atoms with E-state index in [0.29, 0.717) is 17.2 Å². The predicted molar refractivity (Wildman–Crippen MR) is 73.7 cm³/mol. The van der Waals surface area contributed by atoms with Gasteiger partial charge >= 0.3 is 0 Å². The van der Waals surface area contributed by atoms with E-state index in [0.717, 1.165) is 31.0 Å². The van der Waals surface area contributed by atoms with E-state index in [1.807, 2.05) is 18.0 Å². The molecule has 1 aliphatic rings. The van der Waals surface area contributed by atoms with Gasteiger partial charge in [0.1, 0.15) is 0 Å². The van der Waals surface area contributed by atoms with Crippen molar-refractivity contribution in [2.24, 2.45) is 5.92 Å². The highest BCUT2D eigenvalue weighted by Crippen LogP contribution is 2.28. The molecule has 4 heteroatoms. The molecule has 0 bridgehead atoms. The minimum absolute atomic E-state index is 0.583. The molecule has 0 aromatic heterocycles. The van der Waals surface area contributed by atoms with E-state index in [2.05, 4.69) is 0 Å². The Morgan fingerprint density at radius 1 is 1.50 bits per heavy atom. The number of ether oxygens (including phenoxy) is 1. The van der Waals surface area contributed by atoms with Gasteiger partial charge in [-0.05, 0) is 37.0 Å². The molecule has 0 spiro atoms. The lowest BCUT2D eigenvalue weighted by atomic mass is 10.2. The van der Waals surface area contributed by atoms with Crippen molar-refractivity contribution in [3.63, 3.8) is 0 Å². The Morgan fingerprint density at radius 3 is 2.94 bits per heavy atom. The van der Waals surface area contributed by atoms with Crippen LogP contribution in [-0.2, 0) is 4.74 Å². The average Bonchev–Trinajstić information content (AvgIpc) is 3.18. The van der Waals surface area contributed by atoms with Crippen molar-refractivity contribution >= 4 is 23.6 Å². The van der Waals surface area contributed by atoms with Gasteiger partial charge in [-0.15, -0.1) is 0 Å². The molecule has 18 heavy (non-hydrogen) atoms. The summed E-state index contributed by atoms with van der Waals surface area (Å²) in [5.41, 5.74) is 1.51. The number of likely N-dealkylation sites (N-methyl/N-ethyl adjacent to an activating group) is 1.